The maximum Gasteiger partial charge on any atom is 0.313 e. The SMILES string of the molecule is CC1C=C(CO)C=CC1(C)C(=O)O. The molecule has 2 unspecified atom stereocenters. The van der Waals surface area contributed by atoms with E-state index in [4.69, 9.17) is 10.2 Å². The number of aliphatic hydroxyl groups excluding tert-OH is 1. The molecule has 0 aromatic carbocycles. The maximum absolute atomic E-state index is 10.9. The first-order chi connectivity index (χ1) is 6.00. The molecular weight excluding hydrogens is 168 g/mol. The van der Waals surface area contributed by atoms with Gasteiger partial charge in [-0.1, -0.05) is 25.2 Å². The first-order valence-electron chi connectivity index (χ1n) is 4.25. The summed E-state index contributed by atoms with van der Waals surface area (Å²) in [6.07, 6.45) is 5.12. The van der Waals surface area contributed by atoms with E-state index < -0.39 is 11.4 Å². The van der Waals surface area contributed by atoms with Crippen molar-refractivity contribution in [3.8, 4) is 0 Å². The van der Waals surface area contributed by atoms with E-state index in [1.54, 1.807) is 25.2 Å². The zero-order valence-electron chi connectivity index (χ0n) is 7.82. The van der Waals surface area contributed by atoms with Crippen molar-refractivity contribution in [2.75, 3.05) is 6.61 Å². The molecule has 0 fully saturated rings. The van der Waals surface area contributed by atoms with Crippen molar-refractivity contribution in [2.45, 2.75) is 13.8 Å². The van der Waals surface area contributed by atoms with Crippen molar-refractivity contribution >= 4 is 5.97 Å². The summed E-state index contributed by atoms with van der Waals surface area (Å²) in [7, 11) is 0. The van der Waals surface area contributed by atoms with Crippen molar-refractivity contribution in [3.05, 3.63) is 23.8 Å². The van der Waals surface area contributed by atoms with Crippen LogP contribution in [0.3, 0.4) is 0 Å². The van der Waals surface area contributed by atoms with Crippen LogP contribution in [-0.2, 0) is 4.79 Å². The number of hydrogen-bond acceptors (Lipinski definition) is 2. The van der Waals surface area contributed by atoms with E-state index >= 15 is 0 Å². The Hall–Kier alpha value is -1.09. The van der Waals surface area contributed by atoms with Gasteiger partial charge in [-0.3, -0.25) is 4.79 Å². The molecule has 72 valence electrons. The van der Waals surface area contributed by atoms with Gasteiger partial charge in [-0.2, -0.15) is 0 Å². The lowest BCUT2D eigenvalue weighted by molar-refractivity contribution is -0.146. The average Bonchev–Trinajstić information content (AvgIpc) is 2.09. The van der Waals surface area contributed by atoms with Gasteiger partial charge in [0, 0.05) is 0 Å². The monoisotopic (exact) mass is 182 g/mol. The molecule has 1 aliphatic rings. The minimum atomic E-state index is -0.835. The molecule has 0 amide bonds. The van der Waals surface area contributed by atoms with Crippen LogP contribution < -0.4 is 0 Å². The minimum absolute atomic E-state index is 0.0312. The fourth-order valence-electron chi connectivity index (χ4n) is 1.35. The molecule has 0 aliphatic heterocycles. The van der Waals surface area contributed by atoms with Gasteiger partial charge in [0.15, 0.2) is 0 Å². The smallest absolute Gasteiger partial charge is 0.313 e. The van der Waals surface area contributed by atoms with Crippen molar-refractivity contribution in [3.63, 3.8) is 0 Å². The Morgan fingerprint density at radius 2 is 2.31 bits per heavy atom. The van der Waals surface area contributed by atoms with Crippen molar-refractivity contribution in [2.24, 2.45) is 11.3 Å². The molecule has 2 N–H and O–H groups in total. The van der Waals surface area contributed by atoms with Gasteiger partial charge < -0.3 is 10.2 Å². The summed E-state index contributed by atoms with van der Waals surface area (Å²) in [5.41, 5.74) is -0.0511. The molecule has 0 spiro atoms. The topological polar surface area (TPSA) is 57.5 Å². The Morgan fingerprint density at radius 3 is 2.69 bits per heavy atom. The second-order valence-electron chi connectivity index (χ2n) is 3.61. The van der Waals surface area contributed by atoms with E-state index in [-0.39, 0.29) is 12.5 Å². The van der Waals surface area contributed by atoms with Crippen LogP contribution in [0.2, 0.25) is 0 Å². The third kappa shape index (κ3) is 1.65. The highest BCUT2D eigenvalue weighted by Crippen LogP contribution is 2.34. The fraction of sp³-hybridized carbons (Fsp3) is 0.500. The Morgan fingerprint density at radius 1 is 1.69 bits per heavy atom. The van der Waals surface area contributed by atoms with Gasteiger partial charge in [-0.05, 0) is 18.4 Å². The summed E-state index contributed by atoms with van der Waals surface area (Å²) in [4.78, 5) is 10.9. The van der Waals surface area contributed by atoms with Crippen LogP contribution in [0.4, 0.5) is 0 Å². The van der Waals surface area contributed by atoms with E-state index in [9.17, 15) is 4.79 Å². The molecule has 3 heteroatoms. The molecule has 0 heterocycles. The number of carboxylic acid groups (broad SMARTS) is 1. The van der Waals surface area contributed by atoms with Gasteiger partial charge in [0.25, 0.3) is 0 Å². The summed E-state index contributed by atoms with van der Waals surface area (Å²) in [5, 5.41) is 17.8. The number of allylic oxidation sites excluding steroid dienone is 1. The van der Waals surface area contributed by atoms with Gasteiger partial charge in [0.05, 0.1) is 12.0 Å². The minimum Gasteiger partial charge on any atom is -0.481 e. The third-order valence-electron chi connectivity index (χ3n) is 2.70. The Labute approximate surface area is 77.4 Å². The van der Waals surface area contributed by atoms with Crippen LogP contribution in [-0.4, -0.2) is 22.8 Å². The first-order valence-corrected chi connectivity index (χ1v) is 4.25. The van der Waals surface area contributed by atoms with Crippen LogP contribution in [0, 0.1) is 11.3 Å². The normalized spacial score (nSPS) is 32.8. The highest BCUT2D eigenvalue weighted by atomic mass is 16.4. The third-order valence-corrected chi connectivity index (χ3v) is 2.70. The predicted molar refractivity (Wildman–Crippen MR) is 49.2 cm³/mol. The molecule has 13 heavy (non-hydrogen) atoms. The Kier molecular flexibility index (Phi) is 2.57. The van der Waals surface area contributed by atoms with Crippen molar-refractivity contribution < 1.29 is 15.0 Å². The molecule has 0 radical (unpaired) electrons. The lowest BCUT2D eigenvalue weighted by Crippen LogP contribution is -2.33. The van der Waals surface area contributed by atoms with Crippen LogP contribution in [0.1, 0.15) is 13.8 Å². The van der Waals surface area contributed by atoms with E-state index in [2.05, 4.69) is 0 Å². The van der Waals surface area contributed by atoms with Crippen LogP contribution in [0.15, 0.2) is 23.8 Å². The van der Waals surface area contributed by atoms with Gasteiger partial charge in [-0.15, -0.1) is 0 Å². The second kappa shape index (κ2) is 3.34. The quantitative estimate of drug-likeness (QED) is 0.674. The van der Waals surface area contributed by atoms with E-state index in [1.165, 1.54) is 0 Å². The Bertz CT molecular complexity index is 278. The first kappa shape index (κ1) is 9.99. The summed E-state index contributed by atoms with van der Waals surface area (Å²) >= 11 is 0. The lowest BCUT2D eigenvalue weighted by atomic mass is 9.74. The largest absolute Gasteiger partial charge is 0.481 e. The van der Waals surface area contributed by atoms with Crippen LogP contribution in [0.5, 0.6) is 0 Å². The van der Waals surface area contributed by atoms with E-state index in [0.29, 0.717) is 0 Å². The standard InChI is InChI=1S/C10H14O3/c1-7-5-8(6-11)3-4-10(7,2)9(12)13/h3-5,7,11H,6H2,1-2H3,(H,12,13). The summed E-state index contributed by atoms with van der Waals surface area (Å²) < 4.78 is 0. The van der Waals surface area contributed by atoms with Gasteiger partial charge in [0.2, 0.25) is 0 Å². The van der Waals surface area contributed by atoms with Gasteiger partial charge in [0.1, 0.15) is 0 Å². The van der Waals surface area contributed by atoms with Crippen LogP contribution in [0.25, 0.3) is 0 Å². The number of aliphatic hydroxyl groups is 1. The number of aliphatic carboxylic acids is 1. The Balaban J connectivity index is 2.94. The number of rotatable bonds is 2. The van der Waals surface area contributed by atoms with Gasteiger partial charge >= 0.3 is 5.97 Å². The molecule has 1 rings (SSSR count). The second-order valence-corrected chi connectivity index (χ2v) is 3.61. The summed E-state index contributed by atoms with van der Waals surface area (Å²) in [6, 6.07) is 0. The molecular formula is C10H14O3. The molecule has 0 saturated carbocycles. The van der Waals surface area contributed by atoms with Crippen molar-refractivity contribution in [1.82, 2.24) is 0 Å². The van der Waals surface area contributed by atoms with Gasteiger partial charge in [-0.25, -0.2) is 0 Å². The zero-order chi connectivity index (χ0) is 10.1. The molecule has 1 aliphatic carbocycles. The molecule has 0 bridgehead atoms. The molecule has 0 saturated heterocycles. The zero-order valence-corrected chi connectivity index (χ0v) is 7.82. The molecule has 2 atom stereocenters. The van der Waals surface area contributed by atoms with Crippen LogP contribution >= 0.6 is 0 Å². The number of carbonyl (C=O) groups is 1. The molecule has 3 nitrogen and oxygen atoms in total. The van der Waals surface area contributed by atoms with Crippen molar-refractivity contribution in [1.29, 1.82) is 0 Å². The van der Waals surface area contributed by atoms with E-state index in [1.807, 2.05) is 6.92 Å². The average molecular weight is 182 g/mol. The fourth-order valence-corrected chi connectivity index (χ4v) is 1.35. The highest BCUT2D eigenvalue weighted by molar-refractivity contribution is 5.78. The number of hydrogen-bond donors (Lipinski definition) is 2. The summed E-state index contributed by atoms with van der Waals surface area (Å²) in [6.45, 7) is 3.49. The predicted octanol–water partition coefficient (Wildman–Crippen LogP) is 1.20. The van der Waals surface area contributed by atoms with E-state index in [0.717, 1.165) is 5.57 Å². The molecule has 0 aromatic heterocycles. The maximum atomic E-state index is 10.9. The molecule has 0 aromatic rings. The highest BCUT2D eigenvalue weighted by Gasteiger charge is 2.37. The lowest BCUT2D eigenvalue weighted by Gasteiger charge is -2.29. The number of carboxylic acids is 1. The summed E-state index contributed by atoms with van der Waals surface area (Å²) in [5.74, 6) is -0.915.